The summed E-state index contributed by atoms with van der Waals surface area (Å²) in [5.74, 6) is 1.58. The van der Waals surface area contributed by atoms with E-state index >= 15 is 0 Å². The van der Waals surface area contributed by atoms with Crippen LogP contribution in [0.3, 0.4) is 0 Å². The Morgan fingerprint density at radius 1 is 1.22 bits per heavy atom. The molecule has 0 aliphatic rings. The molecule has 0 saturated heterocycles. The van der Waals surface area contributed by atoms with Gasteiger partial charge in [-0.3, -0.25) is 4.99 Å². The lowest BCUT2D eigenvalue weighted by Gasteiger charge is -2.14. The fraction of sp³-hybridized carbons (Fsp3) is 0.294. The number of methoxy groups -OCH3 is 1. The van der Waals surface area contributed by atoms with Gasteiger partial charge in [0.05, 0.1) is 7.11 Å². The van der Waals surface area contributed by atoms with E-state index in [-0.39, 0.29) is 0 Å². The van der Waals surface area contributed by atoms with Gasteiger partial charge in [0.15, 0.2) is 5.96 Å². The highest BCUT2D eigenvalue weighted by Crippen LogP contribution is 2.19. The summed E-state index contributed by atoms with van der Waals surface area (Å²) in [5.41, 5.74) is 3.28. The van der Waals surface area contributed by atoms with Crippen molar-refractivity contribution in [1.82, 2.24) is 15.6 Å². The Labute approximate surface area is 141 Å². The van der Waals surface area contributed by atoms with E-state index in [1.54, 1.807) is 26.4 Å². The van der Waals surface area contributed by atoms with Crippen molar-refractivity contribution in [2.45, 2.75) is 20.0 Å². The molecule has 122 valence electrons. The third-order valence-corrected chi connectivity index (χ3v) is 3.58. The molecular weight excluding hydrogens is 312 g/mol. The van der Waals surface area contributed by atoms with Crippen LogP contribution in [0.25, 0.3) is 0 Å². The van der Waals surface area contributed by atoms with E-state index in [9.17, 15) is 0 Å². The second-order valence-electron chi connectivity index (χ2n) is 5.08. The van der Waals surface area contributed by atoms with Gasteiger partial charge in [0.25, 0.3) is 0 Å². The summed E-state index contributed by atoms with van der Waals surface area (Å²) in [7, 11) is 3.42. The van der Waals surface area contributed by atoms with Crippen LogP contribution in [-0.2, 0) is 13.1 Å². The zero-order chi connectivity index (χ0) is 16.7. The molecule has 2 aromatic rings. The number of hydrogen-bond donors (Lipinski definition) is 2. The highest BCUT2D eigenvalue weighted by Gasteiger charge is 2.05. The largest absolute Gasteiger partial charge is 0.496 e. The van der Waals surface area contributed by atoms with Crippen LogP contribution >= 0.6 is 11.6 Å². The molecule has 1 aromatic carbocycles. The predicted molar refractivity (Wildman–Crippen MR) is 94.0 cm³/mol. The van der Waals surface area contributed by atoms with Crippen molar-refractivity contribution in [3.8, 4) is 5.75 Å². The molecule has 0 aliphatic carbocycles. The number of aromatic nitrogens is 1. The van der Waals surface area contributed by atoms with E-state index < -0.39 is 0 Å². The molecule has 2 N–H and O–H groups in total. The minimum absolute atomic E-state index is 0.489. The SMILES string of the molecule is CN=C(NCc1ccc(Cl)nc1)NCc1ccc(C)cc1OC. The fourth-order valence-electron chi connectivity index (χ4n) is 2.09. The quantitative estimate of drug-likeness (QED) is 0.502. The molecule has 0 atom stereocenters. The zero-order valence-corrected chi connectivity index (χ0v) is 14.3. The van der Waals surface area contributed by atoms with Crippen molar-refractivity contribution in [2.75, 3.05) is 14.2 Å². The molecule has 2 rings (SSSR count). The number of ether oxygens (including phenoxy) is 1. The second kappa shape index (κ2) is 8.39. The molecule has 0 fully saturated rings. The van der Waals surface area contributed by atoms with Crippen molar-refractivity contribution in [3.05, 3.63) is 58.4 Å². The van der Waals surface area contributed by atoms with Gasteiger partial charge >= 0.3 is 0 Å². The second-order valence-corrected chi connectivity index (χ2v) is 5.47. The van der Waals surface area contributed by atoms with Crippen LogP contribution in [0.1, 0.15) is 16.7 Å². The Kier molecular flexibility index (Phi) is 6.23. The van der Waals surface area contributed by atoms with Gasteiger partial charge in [0.2, 0.25) is 0 Å². The molecule has 23 heavy (non-hydrogen) atoms. The number of halogens is 1. The molecular formula is C17H21ClN4O. The van der Waals surface area contributed by atoms with Crippen LogP contribution in [-0.4, -0.2) is 25.1 Å². The van der Waals surface area contributed by atoms with E-state index in [0.29, 0.717) is 24.2 Å². The Morgan fingerprint density at radius 3 is 2.65 bits per heavy atom. The number of guanidine groups is 1. The number of aliphatic imine (C=N–C) groups is 1. The summed E-state index contributed by atoms with van der Waals surface area (Å²) in [5, 5.41) is 7.00. The van der Waals surface area contributed by atoms with E-state index in [1.165, 1.54) is 5.56 Å². The number of rotatable bonds is 5. The van der Waals surface area contributed by atoms with Gasteiger partial charge in [0.1, 0.15) is 10.9 Å². The van der Waals surface area contributed by atoms with Gasteiger partial charge in [-0.25, -0.2) is 4.98 Å². The topological polar surface area (TPSA) is 58.5 Å². The Hall–Kier alpha value is -2.27. The summed E-state index contributed by atoms with van der Waals surface area (Å²) in [6.45, 7) is 3.29. The minimum Gasteiger partial charge on any atom is -0.496 e. The lowest BCUT2D eigenvalue weighted by molar-refractivity contribution is 0.408. The minimum atomic E-state index is 0.489. The molecule has 0 unspecified atom stereocenters. The summed E-state index contributed by atoms with van der Waals surface area (Å²) in [6.07, 6.45) is 1.74. The number of pyridine rings is 1. The van der Waals surface area contributed by atoms with Crippen molar-refractivity contribution in [3.63, 3.8) is 0 Å². The first kappa shape index (κ1) is 17.1. The van der Waals surface area contributed by atoms with Crippen molar-refractivity contribution < 1.29 is 4.74 Å². The number of nitrogens with zero attached hydrogens (tertiary/aromatic N) is 2. The first-order valence-corrected chi connectivity index (χ1v) is 7.68. The van der Waals surface area contributed by atoms with Gasteiger partial charge in [0, 0.05) is 31.9 Å². The van der Waals surface area contributed by atoms with Crippen LogP contribution in [0.5, 0.6) is 5.75 Å². The van der Waals surface area contributed by atoms with Crippen LogP contribution in [0, 0.1) is 6.92 Å². The lowest BCUT2D eigenvalue weighted by atomic mass is 10.1. The summed E-state index contributed by atoms with van der Waals surface area (Å²) >= 11 is 5.78. The highest BCUT2D eigenvalue weighted by atomic mass is 35.5. The maximum atomic E-state index is 5.78. The van der Waals surface area contributed by atoms with Crippen LogP contribution in [0.2, 0.25) is 5.15 Å². The number of aryl methyl sites for hydroxylation is 1. The van der Waals surface area contributed by atoms with Gasteiger partial charge in [-0.2, -0.15) is 0 Å². The smallest absolute Gasteiger partial charge is 0.191 e. The summed E-state index contributed by atoms with van der Waals surface area (Å²) < 4.78 is 5.41. The summed E-state index contributed by atoms with van der Waals surface area (Å²) in [4.78, 5) is 8.27. The van der Waals surface area contributed by atoms with Gasteiger partial charge in [-0.05, 0) is 30.2 Å². The standard InChI is InChI=1S/C17H21ClN4O/c1-12-4-6-14(15(8-12)23-3)11-22-17(19-2)21-10-13-5-7-16(18)20-9-13/h4-9H,10-11H2,1-3H3,(H2,19,21,22). The van der Waals surface area contributed by atoms with Gasteiger partial charge in [-0.15, -0.1) is 0 Å². The third kappa shape index (κ3) is 5.14. The number of nitrogens with one attached hydrogen (secondary N) is 2. The molecule has 0 spiro atoms. The van der Waals surface area contributed by atoms with Crippen molar-refractivity contribution in [2.24, 2.45) is 4.99 Å². The number of hydrogen-bond acceptors (Lipinski definition) is 3. The molecule has 0 saturated carbocycles. The normalized spacial score (nSPS) is 11.2. The average Bonchev–Trinajstić information content (AvgIpc) is 2.57. The van der Waals surface area contributed by atoms with Crippen LogP contribution in [0.4, 0.5) is 0 Å². The van der Waals surface area contributed by atoms with Crippen molar-refractivity contribution in [1.29, 1.82) is 0 Å². The third-order valence-electron chi connectivity index (χ3n) is 3.36. The first-order chi connectivity index (χ1) is 11.1. The number of benzene rings is 1. The highest BCUT2D eigenvalue weighted by molar-refractivity contribution is 6.29. The Bertz CT molecular complexity index is 671. The zero-order valence-electron chi connectivity index (χ0n) is 13.6. The molecule has 0 radical (unpaired) electrons. The molecule has 0 aliphatic heterocycles. The molecule has 1 aromatic heterocycles. The van der Waals surface area contributed by atoms with E-state index in [4.69, 9.17) is 16.3 Å². The molecule has 6 heteroatoms. The maximum Gasteiger partial charge on any atom is 0.191 e. The van der Waals surface area contributed by atoms with Crippen LogP contribution < -0.4 is 15.4 Å². The fourth-order valence-corrected chi connectivity index (χ4v) is 2.21. The maximum absolute atomic E-state index is 5.78. The molecule has 1 heterocycles. The van der Waals surface area contributed by atoms with Gasteiger partial charge in [-0.1, -0.05) is 29.8 Å². The summed E-state index contributed by atoms with van der Waals surface area (Å²) in [6, 6.07) is 9.84. The molecule has 0 bridgehead atoms. The first-order valence-electron chi connectivity index (χ1n) is 7.31. The van der Waals surface area contributed by atoms with Gasteiger partial charge < -0.3 is 15.4 Å². The Balaban J connectivity index is 1.91. The van der Waals surface area contributed by atoms with Crippen LogP contribution in [0.15, 0.2) is 41.5 Å². The van der Waals surface area contributed by atoms with Crippen molar-refractivity contribution >= 4 is 17.6 Å². The average molecular weight is 333 g/mol. The van der Waals surface area contributed by atoms with E-state index in [2.05, 4.69) is 32.7 Å². The monoisotopic (exact) mass is 332 g/mol. The Morgan fingerprint density at radius 2 is 2.00 bits per heavy atom. The molecule has 5 nitrogen and oxygen atoms in total. The van der Waals surface area contributed by atoms with E-state index in [0.717, 1.165) is 16.9 Å². The van der Waals surface area contributed by atoms with E-state index in [1.807, 2.05) is 19.1 Å². The predicted octanol–water partition coefficient (Wildman–Crippen LogP) is 2.92. The lowest BCUT2D eigenvalue weighted by Crippen LogP contribution is -2.36. The molecule has 0 amide bonds.